The molecule has 20 heavy (non-hydrogen) atoms. The molecule has 1 aliphatic carbocycles. The summed E-state index contributed by atoms with van der Waals surface area (Å²) < 4.78 is 0. The summed E-state index contributed by atoms with van der Waals surface area (Å²) in [6, 6.07) is 9.43. The first-order valence-electron chi connectivity index (χ1n) is 7.04. The third kappa shape index (κ3) is 3.59. The van der Waals surface area contributed by atoms with E-state index in [1.54, 1.807) is 19.0 Å². The van der Waals surface area contributed by atoms with E-state index < -0.39 is 0 Å². The van der Waals surface area contributed by atoms with E-state index in [1.165, 1.54) is 0 Å². The zero-order valence-corrected chi connectivity index (χ0v) is 12.3. The van der Waals surface area contributed by atoms with E-state index in [-0.39, 0.29) is 23.8 Å². The standard InChI is InChI=1S/C16H22N2O2/c1-11-9-13(11)16(20)17-14(10-15(19)18(2)3)12-7-5-4-6-8-12/h4-8,11,13-14H,9-10H2,1-3H3,(H,17,20). The van der Waals surface area contributed by atoms with Gasteiger partial charge in [-0.3, -0.25) is 9.59 Å². The lowest BCUT2D eigenvalue weighted by Gasteiger charge is -2.21. The summed E-state index contributed by atoms with van der Waals surface area (Å²) in [5.41, 5.74) is 0.976. The van der Waals surface area contributed by atoms with E-state index >= 15 is 0 Å². The molecule has 2 rings (SSSR count). The van der Waals surface area contributed by atoms with Crippen LogP contribution in [-0.4, -0.2) is 30.8 Å². The Morgan fingerprint density at radius 3 is 2.40 bits per heavy atom. The number of amides is 2. The second kappa shape index (κ2) is 6.07. The number of benzene rings is 1. The molecule has 1 aliphatic rings. The Kier molecular flexibility index (Phi) is 4.42. The second-order valence-corrected chi connectivity index (χ2v) is 5.78. The molecule has 3 atom stereocenters. The normalized spacial score (nSPS) is 21.9. The summed E-state index contributed by atoms with van der Waals surface area (Å²) >= 11 is 0. The van der Waals surface area contributed by atoms with Crippen LogP contribution in [0.2, 0.25) is 0 Å². The Morgan fingerprint density at radius 2 is 1.90 bits per heavy atom. The monoisotopic (exact) mass is 274 g/mol. The highest BCUT2D eigenvalue weighted by Gasteiger charge is 2.40. The summed E-state index contributed by atoms with van der Waals surface area (Å²) in [6.07, 6.45) is 1.25. The van der Waals surface area contributed by atoms with Crippen molar-refractivity contribution in [3.05, 3.63) is 35.9 Å². The van der Waals surface area contributed by atoms with Gasteiger partial charge in [0.05, 0.1) is 12.5 Å². The molecule has 1 aromatic carbocycles. The largest absolute Gasteiger partial charge is 0.349 e. The molecule has 0 saturated heterocycles. The van der Waals surface area contributed by atoms with Gasteiger partial charge in [0.1, 0.15) is 0 Å². The van der Waals surface area contributed by atoms with Gasteiger partial charge >= 0.3 is 0 Å². The molecule has 1 fully saturated rings. The molecule has 0 aromatic heterocycles. The molecule has 4 heteroatoms. The summed E-state index contributed by atoms with van der Waals surface area (Å²) in [4.78, 5) is 25.6. The van der Waals surface area contributed by atoms with E-state index in [0.717, 1.165) is 12.0 Å². The van der Waals surface area contributed by atoms with E-state index in [9.17, 15) is 9.59 Å². The molecule has 0 radical (unpaired) electrons. The van der Waals surface area contributed by atoms with Crippen molar-refractivity contribution in [1.29, 1.82) is 0 Å². The molecule has 0 bridgehead atoms. The van der Waals surface area contributed by atoms with Crippen LogP contribution < -0.4 is 5.32 Å². The lowest BCUT2D eigenvalue weighted by molar-refractivity contribution is -0.129. The smallest absolute Gasteiger partial charge is 0.224 e. The van der Waals surface area contributed by atoms with E-state index in [1.807, 2.05) is 30.3 Å². The van der Waals surface area contributed by atoms with Gasteiger partial charge in [0.2, 0.25) is 11.8 Å². The molecule has 0 spiro atoms. The molecule has 2 amide bonds. The Balaban J connectivity index is 2.07. The number of rotatable bonds is 5. The Hall–Kier alpha value is -1.84. The van der Waals surface area contributed by atoms with Gasteiger partial charge in [0, 0.05) is 20.0 Å². The predicted molar refractivity (Wildman–Crippen MR) is 77.9 cm³/mol. The number of hydrogen-bond acceptors (Lipinski definition) is 2. The van der Waals surface area contributed by atoms with Crippen LogP contribution in [0.1, 0.15) is 31.4 Å². The third-order valence-corrected chi connectivity index (χ3v) is 3.84. The fraction of sp³-hybridized carbons (Fsp3) is 0.500. The Bertz CT molecular complexity index is 485. The SMILES string of the molecule is CC1CC1C(=O)NC(CC(=O)N(C)C)c1ccccc1. The maximum atomic E-state index is 12.1. The lowest BCUT2D eigenvalue weighted by Crippen LogP contribution is -2.34. The molecular weight excluding hydrogens is 252 g/mol. The first-order chi connectivity index (χ1) is 9.49. The maximum Gasteiger partial charge on any atom is 0.224 e. The molecule has 1 saturated carbocycles. The lowest BCUT2D eigenvalue weighted by atomic mass is 10.0. The minimum absolute atomic E-state index is 0.0167. The zero-order valence-electron chi connectivity index (χ0n) is 12.3. The van der Waals surface area contributed by atoms with Crippen molar-refractivity contribution < 1.29 is 9.59 Å². The Morgan fingerprint density at radius 1 is 1.30 bits per heavy atom. The van der Waals surface area contributed by atoms with Crippen LogP contribution in [0.4, 0.5) is 0 Å². The minimum Gasteiger partial charge on any atom is -0.349 e. The van der Waals surface area contributed by atoms with Gasteiger partial charge in [-0.1, -0.05) is 37.3 Å². The number of nitrogens with one attached hydrogen (secondary N) is 1. The van der Waals surface area contributed by atoms with Crippen molar-refractivity contribution in [2.75, 3.05) is 14.1 Å². The van der Waals surface area contributed by atoms with Gasteiger partial charge < -0.3 is 10.2 Å². The van der Waals surface area contributed by atoms with Crippen LogP contribution in [0.25, 0.3) is 0 Å². The minimum atomic E-state index is -0.244. The summed E-state index contributed by atoms with van der Waals surface area (Å²) in [5, 5.41) is 3.03. The molecule has 0 heterocycles. The molecular formula is C16H22N2O2. The van der Waals surface area contributed by atoms with Crippen molar-refractivity contribution in [1.82, 2.24) is 10.2 Å². The highest BCUT2D eigenvalue weighted by molar-refractivity contribution is 5.83. The third-order valence-electron chi connectivity index (χ3n) is 3.84. The number of hydrogen-bond donors (Lipinski definition) is 1. The van der Waals surface area contributed by atoms with Gasteiger partial charge in [0.25, 0.3) is 0 Å². The fourth-order valence-corrected chi connectivity index (χ4v) is 2.26. The molecule has 1 aromatic rings. The number of carbonyl (C=O) groups is 2. The highest BCUT2D eigenvalue weighted by atomic mass is 16.2. The van der Waals surface area contributed by atoms with E-state index in [2.05, 4.69) is 12.2 Å². The first kappa shape index (κ1) is 14.6. The quantitative estimate of drug-likeness (QED) is 0.892. The number of nitrogens with zero attached hydrogens (tertiary/aromatic N) is 1. The zero-order chi connectivity index (χ0) is 14.7. The van der Waals surface area contributed by atoms with E-state index in [4.69, 9.17) is 0 Å². The second-order valence-electron chi connectivity index (χ2n) is 5.78. The fourth-order valence-electron chi connectivity index (χ4n) is 2.26. The van der Waals surface area contributed by atoms with Crippen molar-refractivity contribution in [3.63, 3.8) is 0 Å². The molecule has 0 aliphatic heterocycles. The van der Waals surface area contributed by atoms with Crippen LogP contribution in [0.15, 0.2) is 30.3 Å². The van der Waals surface area contributed by atoms with Crippen LogP contribution in [0.3, 0.4) is 0 Å². The van der Waals surface area contributed by atoms with Gasteiger partial charge in [-0.15, -0.1) is 0 Å². The predicted octanol–water partition coefficient (Wildman–Crippen LogP) is 1.98. The highest BCUT2D eigenvalue weighted by Crippen LogP contribution is 2.38. The van der Waals surface area contributed by atoms with Gasteiger partial charge in [-0.05, 0) is 17.9 Å². The van der Waals surface area contributed by atoms with Crippen molar-refractivity contribution in [2.24, 2.45) is 11.8 Å². The average Bonchev–Trinajstić information content (AvgIpc) is 3.16. The van der Waals surface area contributed by atoms with Crippen molar-refractivity contribution >= 4 is 11.8 Å². The first-order valence-corrected chi connectivity index (χ1v) is 7.04. The Labute approximate surface area is 120 Å². The molecule has 108 valence electrons. The molecule has 4 nitrogen and oxygen atoms in total. The van der Waals surface area contributed by atoms with Crippen LogP contribution in [0.5, 0.6) is 0 Å². The average molecular weight is 274 g/mol. The topological polar surface area (TPSA) is 49.4 Å². The van der Waals surface area contributed by atoms with Gasteiger partial charge in [0.15, 0.2) is 0 Å². The van der Waals surface area contributed by atoms with Crippen molar-refractivity contribution in [2.45, 2.75) is 25.8 Å². The van der Waals surface area contributed by atoms with Crippen LogP contribution in [0, 0.1) is 11.8 Å². The summed E-state index contributed by atoms with van der Waals surface area (Å²) in [6.45, 7) is 2.08. The van der Waals surface area contributed by atoms with Crippen LogP contribution >= 0.6 is 0 Å². The summed E-state index contributed by atoms with van der Waals surface area (Å²) in [5.74, 6) is 0.674. The van der Waals surface area contributed by atoms with Crippen molar-refractivity contribution in [3.8, 4) is 0 Å². The molecule has 3 unspecified atom stereocenters. The molecule has 1 N–H and O–H groups in total. The maximum absolute atomic E-state index is 12.1. The number of carbonyl (C=O) groups excluding carboxylic acids is 2. The summed E-state index contributed by atoms with van der Waals surface area (Å²) in [7, 11) is 3.46. The van der Waals surface area contributed by atoms with Gasteiger partial charge in [-0.25, -0.2) is 0 Å². The van der Waals surface area contributed by atoms with E-state index in [0.29, 0.717) is 12.3 Å². The van der Waals surface area contributed by atoms with Crippen LogP contribution in [-0.2, 0) is 9.59 Å². The van der Waals surface area contributed by atoms with Gasteiger partial charge in [-0.2, -0.15) is 0 Å².